The molecule has 1 unspecified atom stereocenters. The van der Waals surface area contributed by atoms with Crippen molar-refractivity contribution in [3.8, 4) is 0 Å². The molecule has 0 aliphatic carbocycles. The summed E-state index contributed by atoms with van der Waals surface area (Å²) in [5.74, 6) is -1.99. The number of hydrogen-bond donors (Lipinski definition) is 1. The molecule has 2 aliphatic heterocycles. The number of carbonyl (C=O) groups is 2. The standard InChI is InChI=1S/C24H25FN2O4.ClH/c25-19-9-7-17(8-10-19)21-20(22(28)18-5-2-1-3-6-18)23(29)24(30)27(21)12-4-11-26-13-15-31-16-14-26;/h1-3,5-10,21,28H,4,11-16H2;1H. The fraction of sp³-hybridized carbons (Fsp3) is 0.333. The number of ketones is 1. The van der Waals surface area contributed by atoms with Crippen molar-refractivity contribution in [2.75, 3.05) is 39.4 Å². The summed E-state index contributed by atoms with van der Waals surface area (Å²) in [6.07, 6.45) is 0.677. The first-order chi connectivity index (χ1) is 15.1. The second-order valence-corrected chi connectivity index (χ2v) is 7.72. The van der Waals surface area contributed by atoms with Gasteiger partial charge in [0.1, 0.15) is 11.6 Å². The number of nitrogens with zero attached hydrogens (tertiary/aromatic N) is 2. The highest BCUT2D eigenvalue weighted by Gasteiger charge is 2.45. The van der Waals surface area contributed by atoms with E-state index in [1.165, 1.54) is 17.0 Å². The van der Waals surface area contributed by atoms with Gasteiger partial charge in [-0.05, 0) is 24.1 Å². The SMILES string of the molecule is Cl.O=C1C(=O)N(CCCN2CCOCC2)C(c2ccc(F)cc2)C1=C(O)c1ccccc1. The van der Waals surface area contributed by atoms with Crippen LogP contribution in [0, 0.1) is 5.82 Å². The van der Waals surface area contributed by atoms with Crippen LogP contribution in [0.3, 0.4) is 0 Å². The maximum absolute atomic E-state index is 13.5. The number of rotatable bonds is 6. The second kappa shape index (κ2) is 10.7. The van der Waals surface area contributed by atoms with Crippen molar-refractivity contribution in [3.63, 3.8) is 0 Å². The average Bonchev–Trinajstić information content (AvgIpc) is 3.05. The summed E-state index contributed by atoms with van der Waals surface area (Å²) in [5.41, 5.74) is 1.08. The molecule has 2 saturated heterocycles. The molecule has 8 heteroatoms. The minimum atomic E-state index is -0.759. The number of morpholine rings is 1. The van der Waals surface area contributed by atoms with Crippen molar-refractivity contribution < 1.29 is 23.8 Å². The fourth-order valence-corrected chi connectivity index (χ4v) is 4.14. The summed E-state index contributed by atoms with van der Waals surface area (Å²) in [6, 6.07) is 13.6. The number of aliphatic hydroxyl groups excluding tert-OH is 1. The number of hydrogen-bond acceptors (Lipinski definition) is 5. The topological polar surface area (TPSA) is 70.1 Å². The van der Waals surface area contributed by atoms with Crippen LogP contribution in [0.5, 0.6) is 0 Å². The Kier molecular flexibility index (Phi) is 8.01. The van der Waals surface area contributed by atoms with Gasteiger partial charge in [-0.15, -0.1) is 12.4 Å². The molecule has 1 amide bonds. The number of aliphatic hydroxyl groups is 1. The van der Waals surface area contributed by atoms with E-state index in [2.05, 4.69) is 4.90 Å². The van der Waals surface area contributed by atoms with E-state index in [4.69, 9.17) is 4.74 Å². The molecule has 0 bridgehead atoms. The first-order valence-electron chi connectivity index (χ1n) is 10.5. The van der Waals surface area contributed by atoms with Crippen molar-refractivity contribution in [1.82, 2.24) is 9.80 Å². The van der Waals surface area contributed by atoms with Gasteiger partial charge in [0.2, 0.25) is 0 Å². The molecule has 32 heavy (non-hydrogen) atoms. The molecule has 0 radical (unpaired) electrons. The Morgan fingerprint density at radius 1 is 1.00 bits per heavy atom. The molecule has 0 spiro atoms. The summed E-state index contributed by atoms with van der Waals surface area (Å²) in [7, 11) is 0. The Balaban J connectivity index is 0.00000289. The smallest absolute Gasteiger partial charge is 0.295 e. The summed E-state index contributed by atoms with van der Waals surface area (Å²) in [5, 5.41) is 10.9. The van der Waals surface area contributed by atoms with Gasteiger partial charge in [0.25, 0.3) is 11.7 Å². The first kappa shape index (κ1) is 23.9. The number of ether oxygens (including phenoxy) is 1. The van der Waals surface area contributed by atoms with E-state index in [1.54, 1.807) is 42.5 Å². The molecule has 0 saturated carbocycles. The molecular formula is C24H26ClFN2O4. The molecule has 2 aliphatic rings. The Morgan fingerprint density at radius 2 is 1.66 bits per heavy atom. The average molecular weight is 461 g/mol. The Hall–Kier alpha value is -2.74. The van der Waals surface area contributed by atoms with Crippen LogP contribution in [0.15, 0.2) is 60.2 Å². The number of amides is 1. The van der Waals surface area contributed by atoms with Crippen LogP contribution in [-0.4, -0.2) is 66.0 Å². The molecule has 2 fully saturated rings. The molecule has 6 nitrogen and oxygen atoms in total. The third-order valence-corrected chi connectivity index (χ3v) is 5.75. The van der Waals surface area contributed by atoms with Crippen LogP contribution in [0.2, 0.25) is 0 Å². The molecule has 0 aromatic heterocycles. The van der Waals surface area contributed by atoms with Gasteiger partial charge < -0.3 is 14.7 Å². The van der Waals surface area contributed by atoms with Gasteiger partial charge in [-0.1, -0.05) is 42.5 Å². The van der Waals surface area contributed by atoms with Gasteiger partial charge in [-0.3, -0.25) is 14.5 Å². The number of benzene rings is 2. The maximum atomic E-state index is 13.5. The first-order valence-corrected chi connectivity index (χ1v) is 10.5. The minimum absolute atomic E-state index is 0. The summed E-state index contributed by atoms with van der Waals surface area (Å²) < 4.78 is 18.9. The van der Waals surface area contributed by atoms with Crippen LogP contribution in [0.25, 0.3) is 5.76 Å². The highest BCUT2D eigenvalue weighted by molar-refractivity contribution is 6.46. The number of carbonyl (C=O) groups excluding carboxylic acids is 2. The highest BCUT2D eigenvalue weighted by atomic mass is 35.5. The van der Waals surface area contributed by atoms with Crippen LogP contribution >= 0.6 is 12.4 Å². The van der Waals surface area contributed by atoms with E-state index < -0.39 is 23.5 Å². The van der Waals surface area contributed by atoms with Crippen LogP contribution in [0.4, 0.5) is 4.39 Å². The lowest BCUT2D eigenvalue weighted by Crippen LogP contribution is -2.38. The van der Waals surface area contributed by atoms with Gasteiger partial charge in [0, 0.05) is 31.7 Å². The van der Waals surface area contributed by atoms with E-state index in [-0.39, 0.29) is 23.7 Å². The molecule has 2 aromatic carbocycles. The van der Waals surface area contributed by atoms with Crippen LogP contribution in [0.1, 0.15) is 23.6 Å². The zero-order valence-corrected chi connectivity index (χ0v) is 18.4. The number of halogens is 2. The third-order valence-electron chi connectivity index (χ3n) is 5.75. The van der Waals surface area contributed by atoms with Crippen LogP contribution < -0.4 is 0 Å². The molecular weight excluding hydrogens is 435 g/mol. The summed E-state index contributed by atoms with van der Waals surface area (Å²) >= 11 is 0. The van der Waals surface area contributed by atoms with Crippen molar-refractivity contribution in [3.05, 3.63) is 77.1 Å². The van der Waals surface area contributed by atoms with Crippen molar-refractivity contribution in [2.45, 2.75) is 12.5 Å². The zero-order chi connectivity index (χ0) is 21.8. The minimum Gasteiger partial charge on any atom is -0.507 e. The molecule has 170 valence electrons. The Morgan fingerprint density at radius 3 is 2.31 bits per heavy atom. The van der Waals surface area contributed by atoms with Gasteiger partial charge >= 0.3 is 0 Å². The third kappa shape index (κ3) is 5.01. The van der Waals surface area contributed by atoms with Crippen molar-refractivity contribution in [1.29, 1.82) is 0 Å². The Bertz CT molecular complexity index is 975. The van der Waals surface area contributed by atoms with E-state index in [0.29, 0.717) is 37.3 Å². The van der Waals surface area contributed by atoms with E-state index >= 15 is 0 Å². The van der Waals surface area contributed by atoms with E-state index in [0.717, 1.165) is 19.6 Å². The molecule has 1 atom stereocenters. The second-order valence-electron chi connectivity index (χ2n) is 7.72. The maximum Gasteiger partial charge on any atom is 0.295 e. The lowest BCUT2D eigenvalue weighted by molar-refractivity contribution is -0.140. The molecule has 1 N–H and O–H groups in total. The van der Waals surface area contributed by atoms with Crippen molar-refractivity contribution in [2.24, 2.45) is 0 Å². The van der Waals surface area contributed by atoms with Crippen LogP contribution in [-0.2, 0) is 14.3 Å². The van der Waals surface area contributed by atoms with E-state index in [1.807, 2.05) is 0 Å². The number of Topliss-reactive ketones (excluding diaryl/α,β-unsaturated/α-hetero) is 1. The summed E-state index contributed by atoms with van der Waals surface area (Å²) in [6.45, 7) is 4.20. The zero-order valence-electron chi connectivity index (χ0n) is 17.6. The lowest BCUT2D eigenvalue weighted by Gasteiger charge is -2.29. The summed E-state index contributed by atoms with van der Waals surface area (Å²) in [4.78, 5) is 29.6. The monoisotopic (exact) mass is 460 g/mol. The molecule has 2 heterocycles. The predicted molar refractivity (Wildman–Crippen MR) is 121 cm³/mol. The largest absolute Gasteiger partial charge is 0.507 e. The molecule has 2 aromatic rings. The van der Waals surface area contributed by atoms with Gasteiger partial charge in [-0.25, -0.2) is 4.39 Å². The van der Waals surface area contributed by atoms with Gasteiger partial charge in [0.05, 0.1) is 24.8 Å². The van der Waals surface area contributed by atoms with E-state index in [9.17, 15) is 19.1 Å². The number of likely N-dealkylation sites (tertiary alicyclic amines) is 1. The molecule has 4 rings (SSSR count). The van der Waals surface area contributed by atoms with Gasteiger partial charge in [0.15, 0.2) is 0 Å². The Labute approximate surface area is 192 Å². The predicted octanol–water partition coefficient (Wildman–Crippen LogP) is 3.39. The van der Waals surface area contributed by atoms with Gasteiger partial charge in [-0.2, -0.15) is 0 Å². The quantitative estimate of drug-likeness (QED) is 0.406. The fourth-order valence-electron chi connectivity index (χ4n) is 4.14. The normalized spacial score (nSPS) is 20.9. The lowest BCUT2D eigenvalue weighted by atomic mass is 9.95. The van der Waals surface area contributed by atoms with Crippen molar-refractivity contribution >= 4 is 29.9 Å². The highest BCUT2D eigenvalue weighted by Crippen LogP contribution is 2.39.